The molecule has 2 aliphatic rings. The van der Waals surface area contributed by atoms with Crippen LogP contribution in [0.4, 0.5) is 0 Å². The third kappa shape index (κ3) is 5.00. The summed E-state index contributed by atoms with van der Waals surface area (Å²) >= 11 is 3.60. The SMILES string of the molecule is Cl.Cl.N#Cc1ccc(Br)c([C@@H](C2CCOCC2)N2CCNCC2)c1O. The maximum Gasteiger partial charge on any atom is 0.139 e. The van der Waals surface area contributed by atoms with E-state index in [1.165, 1.54) is 0 Å². The van der Waals surface area contributed by atoms with Gasteiger partial charge in [-0.3, -0.25) is 4.90 Å². The summed E-state index contributed by atoms with van der Waals surface area (Å²) in [4.78, 5) is 2.44. The summed E-state index contributed by atoms with van der Waals surface area (Å²) in [5.74, 6) is 0.551. The molecule has 1 atom stereocenters. The Morgan fingerprint density at radius 1 is 1.24 bits per heavy atom. The van der Waals surface area contributed by atoms with Gasteiger partial charge in [-0.2, -0.15) is 5.26 Å². The van der Waals surface area contributed by atoms with Crippen LogP contribution in [0.5, 0.6) is 5.75 Å². The number of nitrogens with zero attached hydrogens (tertiary/aromatic N) is 2. The van der Waals surface area contributed by atoms with Crippen LogP contribution in [0.25, 0.3) is 0 Å². The summed E-state index contributed by atoms with van der Waals surface area (Å²) in [7, 11) is 0. The summed E-state index contributed by atoms with van der Waals surface area (Å²) < 4.78 is 6.40. The summed E-state index contributed by atoms with van der Waals surface area (Å²) in [6, 6.07) is 5.76. The Balaban J connectivity index is 0.00000156. The third-order valence-corrected chi connectivity index (χ3v) is 5.53. The van der Waals surface area contributed by atoms with E-state index in [9.17, 15) is 10.4 Å². The Bertz CT molecular complexity index is 582. The number of phenols is 1. The maximum absolute atomic E-state index is 10.7. The van der Waals surface area contributed by atoms with Crippen LogP contribution in [0.15, 0.2) is 16.6 Å². The Hall–Kier alpha value is -0.550. The molecule has 1 aromatic carbocycles. The van der Waals surface area contributed by atoms with E-state index in [0.717, 1.165) is 62.3 Å². The first-order valence-corrected chi connectivity index (χ1v) is 8.95. The first kappa shape index (κ1) is 22.5. The molecule has 0 aliphatic carbocycles. The minimum Gasteiger partial charge on any atom is -0.506 e. The van der Waals surface area contributed by atoms with Crippen molar-refractivity contribution in [2.75, 3.05) is 39.4 Å². The summed E-state index contributed by atoms with van der Waals surface area (Å²) in [6.07, 6.45) is 1.97. The molecule has 0 amide bonds. The number of aromatic hydroxyl groups is 1. The molecule has 0 unspecified atom stereocenters. The summed E-state index contributed by atoms with van der Waals surface area (Å²) in [5, 5.41) is 23.3. The molecule has 0 aromatic heterocycles. The second-order valence-corrected chi connectivity index (χ2v) is 7.00. The predicted octanol–water partition coefficient (Wildman–Crippen LogP) is 3.24. The van der Waals surface area contributed by atoms with Gasteiger partial charge in [0.15, 0.2) is 0 Å². The fourth-order valence-electron chi connectivity index (χ4n) is 3.66. The van der Waals surface area contributed by atoms with Crippen LogP contribution in [-0.2, 0) is 4.74 Å². The molecule has 0 bridgehead atoms. The van der Waals surface area contributed by atoms with Gasteiger partial charge in [-0.05, 0) is 30.9 Å². The fourth-order valence-corrected chi connectivity index (χ4v) is 4.22. The van der Waals surface area contributed by atoms with Gasteiger partial charge in [0.2, 0.25) is 0 Å². The monoisotopic (exact) mass is 451 g/mol. The molecule has 2 fully saturated rings. The number of ether oxygens (including phenoxy) is 1. The summed E-state index contributed by atoms with van der Waals surface area (Å²) in [5.41, 5.74) is 1.20. The molecular weight excluding hydrogens is 429 g/mol. The van der Waals surface area contributed by atoms with Gasteiger partial charge in [0.05, 0.1) is 5.56 Å². The number of nitriles is 1. The van der Waals surface area contributed by atoms with Crippen molar-refractivity contribution in [1.29, 1.82) is 5.26 Å². The standard InChI is InChI=1S/C17H22BrN3O2.2ClH/c18-14-2-1-13(11-19)17(22)15(14)16(12-3-9-23-10-4-12)21-7-5-20-6-8-21;;/h1-2,12,16,20,22H,3-10H2;2*1H/t16-;;/m1../s1. The molecule has 2 aliphatic heterocycles. The Morgan fingerprint density at radius 2 is 1.88 bits per heavy atom. The van der Waals surface area contributed by atoms with E-state index < -0.39 is 0 Å². The van der Waals surface area contributed by atoms with Crippen LogP contribution >= 0.6 is 40.7 Å². The zero-order chi connectivity index (χ0) is 16.2. The Morgan fingerprint density at radius 3 is 2.48 bits per heavy atom. The highest BCUT2D eigenvalue weighted by Crippen LogP contribution is 2.43. The molecule has 3 rings (SSSR count). The lowest BCUT2D eigenvalue weighted by atomic mass is 9.84. The van der Waals surface area contributed by atoms with Crippen molar-refractivity contribution >= 4 is 40.7 Å². The number of halogens is 3. The predicted molar refractivity (Wildman–Crippen MR) is 106 cm³/mol. The van der Waals surface area contributed by atoms with E-state index in [0.29, 0.717) is 11.5 Å². The highest BCUT2D eigenvalue weighted by molar-refractivity contribution is 9.10. The molecule has 25 heavy (non-hydrogen) atoms. The molecule has 1 aromatic rings. The average Bonchev–Trinajstić information content (AvgIpc) is 2.60. The fraction of sp³-hybridized carbons (Fsp3) is 0.588. The van der Waals surface area contributed by atoms with E-state index in [1.807, 2.05) is 6.07 Å². The third-order valence-electron chi connectivity index (χ3n) is 4.84. The van der Waals surface area contributed by atoms with Crippen LogP contribution < -0.4 is 5.32 Å². The van der Waals surface area contributed by atoms with Gasteiger partial charge in [0, 0.05) is 55.5 Å². The van der Waals surface area contributed by atoms with Gasteiger partial charge in [-0.1, -0.05) is 15.9 Å². The molecule has 2 heterocycles. The first-order valence-electron chi connectivity index (χ1n) is 8.16. The second kappa shape index (κ2) is 10.6. The van der Waals surface area contributed by atoms with Crippen LogP contribution in [-0.4, -0.2) is 49.4 Å². The normalized spacial score (nSPS) is 20.0. The minimum atomic E-state index is 0. The van der Waals surface area contributed by atoms with Gasteiger partial charge < -0.3 is 15.2 Å². The minimum absolute atomic E-state index is 0. The van der Waals surface area contributed by atoms with Crippen molar-refractivity contribution in [3.63, 3.8) is 0 Å². The molecular formula is C17H24BrCl2N3O2. The van der Waals surface area contributed by atoms with Crippen molar-refractivity contribution in [3.8, 4) is 11.8 Å². The topological polar surface area (TPSA) is 68.5 Å². The number of piperazine rings is 1. The molecule has 5 nitrogen and oxygen atoms in total. The number of phenolic OH excluding ortho intramolecular Hbond substituents is 1. The zero-order valence-corrected chi connectivity index (χ0v) is 17.1. The number of rotatable bonds is 3. The Kier molecular flexibility index (Phi) is 9.50. The van der Waals surface area contributed by atoms with E-state index in [2.05, 4.69) is 32.2 Å². The van der Waals surface area contributed by atoms with Crippen molar-refractivity contribution < 1.29 is 9.84 Å². The van der Waals surface area contributed by atoms with E-state index >= 15 is 0 Å². The molecule has 0 spiro atoms. The highest BCUT2D eigenvalue weighted by Gasteiger charge is 2.34. The number of hydrogen-bond donors (Lipinski definition) is 2. The van der Waals surface area contributed by atoms with Gasteiger partial charge in [-0.25, -0.2) is 0 Å². The van der Waals surface area contributed by atoms with E-state index in [-0.39, 0.29) is 36.6 Å². The van der Waals surface area contributed by atoms with Crippen LogP contribution in [0, 0.1) is 17.2 Å². The number of nitrogens with one attached hydrogen (secondary N) is 1. The molecule has 0 radical (unpaired) electrons. The van der Waals surface area contributed by atoms with Crippen LogP contribution in [0.3, 0.4) is 0 Å². The molecule has 140 valence electrons. The lowest BCUT2D eigenvalue weighted by Crippen LogP contribution is -2.47. The number of benzene rings is 1. The van der Waals surface area contributed by atoms with E-state index in [4.69, 9.17) is 4.74 Å². The maximum atomic E-state index is 10.7. The smallest absolute Gasteiger partial charge is 0.139 e. The van der Waals surface area contributed by atoms with Gasteiger partial charge in [0.25, 0.3) is 0 Å². The van der Waals surface area contributed by atoms with Gasteiger partial charge in [-0.15, -0.1) is 24.8 Å². The molecule has 2 N–H and O–H groups in total. The van der Waals surface area contributed by atoms with Crippen LogP contribution in [0.2, 0.25) is 0 Å². The average molecular weight is 453 g/mol. The lowest BCUT2D eigenvalue weighted by Gasteiger charge is -2.41. The van der Waals surface area contributed by atoms with Crippen LogP contribution in [0.1, 0.15) is 30.0 Å². The van der Waals surface area contributed by atoms with Crippen molar-refractivity contribution in [2.24, 2.45) is 5.92 Å². The van der Waals surface area contributed by atoms with Gasteiger partial charge >= 0.3 is 0 Å². The van der Waals surface area contributed by atoms with Crippen molar-refractivity contribution in [3.05, 3.63) is 27.7 Å². The second-order valence-electron chi connectivity index (χ2n) is 6.15. The zero-order valence-electron chi connectivity index (χ0n) is 13.9. The molecule has 8 heteroatoms. The largest absolute Gasteiger partial charge is 0.506 e. The Labute approximate surface area is 169 Å². The van der Waals surface area contributed by atoms with Gasteiger partial charge in [0.1, 0.15) is 11.8 Å². The quantitative estimate of drug-likeness (QED) is 0.736. The first-order chi connectivity index (χ1) is 11.2. The van der Waals surface area contributed by atoms with Crippen molar-refractivity contribution in [1.82, 2.24) is 10.2 Å². The summed E-state index contributed by atoms with van der Waals surface area (Å²) in [6.45, 7) is 5.34. The van der Waals surface area contributed by atoms with Crippen molar-refractivity contribution in [2.45, 2.75) is 18.9 Å². The lowest BCUT2D eigenvalue weighted by molar-refractivity contribution is 0.0204. The highest BCUT2D eigenvalue weighted by atomic mass is 79.9. The number of hydrogen-bond acceptors (Lipinski definition) is 5. The van der Waals surface area contributed by atoms with E-state index in [1.54, 1.807) is 6.07 Å². The molecule has 2 saturated heterocycles. The molecule has 0 saturated carbocycles.